The van der Waals surface area contributed by atoms with Gasteiger partial charge < -0.3 is 14.8 Å². The first-order chi connectivity index (χ1) is 12.3. The Morgan fingerprint density at radius 3 is 2.38 bits per heavy atom. The summed E-state index contributed by atoms with van der Waals surface area (Å²) in [4.78, 5) is 12.0. The van der Waals surface area contributed by atoms with Crippen LogP contribution in [0.25, 0.3) is 6.08 Å². The van der Waals surface area contributed by atoms with Crippen LogP contribution >= 0.6 is 0 Å². The fourth-order valence-corrected chi connectivity index (χ4v) is 2.08. The van der Waals surface area contributed by atoms with Crippen LogP contribution in [0.5, 0.6) is 11.5 Å². The van der Waals surface area contributed by atoms with E-state index in [4.69, 9.17) is 0 Å². The maximum absolute atomic E-state index is 12.5. The molecule has 0 aliphatic heterocycles. The van der Waals surface area contributed by atoms with Crippen LogP contribution < -0.4 is 14.8 Å². The van der Waals surface area contributed by atoms with Crippen molar-refractivity contribution < 1.29 is 31.8 Å². The number of hydrogen-bond donors (Lipinski definition) is 1. The van der Waals surface area contributed by atoms with E-state index in [-0.39, 0.29) is 11.3 Å². The highest BCUT2D eigenvalue weighted by atomic mass is 19.3. The Morgan fingerprint density at radius 2 is 1.73 bits per heavy atom. The zero-order valence-electron chi connectivity index (χ0n) is 13.6. The third kappa shape index (κ3) is 5.80. The summed E-state index contributed by atoms with van der Waals surface area (Å²) in [6.07, 6.45) is 2.35. The van der Waals surface area contributed by atoms with Gasteiger partial charge in [0.15, 0.2) is 0 Å². The van der Waals surface area contributed by atoms with Crippen molar-refractivity contribution in [1.29, 1.82) is 0 Å². The van der Waals surface area contributed by atoms with Crippen LogP contribution in [-0.4, -0.2) is 19.1 Å². The molecule has 0 spiro atoms. The van der Waals surface area contributed by atoms with E-state index >= 15 is 0 Å². The van der Waals surface area contributed by atoms with Crippen LogP contribution in [0.15, 0.2) is 48.5 Å². The molecule has 2 aromatic carbocycles. The smallest absolute Gasteiger partial charge is 0.387 e. The highest BCUT2D eigenvalue weighted by Gasteiger charge is 2.12. The van der Waals surface area contributed by atoms with Gasteiger partial charge in [-0.2, -0.15) is 17.6 Å². The summed E-state index contributed by atoms with van der Waals surface area (Å²) < 4.78 is 57.9. The van der Waals surface area contributed by atoms with Gasteiger partial charge in [0.1, 0.15) is 11.5 Å². The number of para-hydroxylation sites is 1. The maximum Gasteiger partial charge on any atom is 0.387 e. The number of amides is 1. The third-order valence-electron chi connectivity index (χ3n) is 3.24. The summed E-state index contributed by atoms with van der Waals surface area (Å²) in [5, 5.41) is 2.64. The zero-order valence-corrected chi connectivity index (χ0v) is 13.6. The fraction of sp³-hybridized carbons (Fsp3) is 0.167. The molecular formula is C18H15F4NO3. The van der Waals surface area contributed by atoms with Gasteiger partial charge in [0, 0.05) is 23.4 Å². The van der Waals surface area contributed by atoms with E-state index in [0.29, 0.717) is 5.69 Å². The highest BCUT2D eigenvalue weighted by molar-refractivity contribution is 6.02. The number of alkyl halides is 4. The van der Waals surface area contributed by atoms with Gasteiger partial charge >= 0.3 is 13.2 Å². The molecule has 0 bridgehead atoms. The average molecular weight is 369 g/mol. The van der Waals surface area contributed by atoms with Crippen LogP contribution in [0.2, 0.25) is 0 Å². The van der Waals surface area contributed by atoms with E-state index in [9.17, 15) is 22.4 Å². The molecular weight excluding hydrogens is 354 g/mol. The van der Waals surface area contributed by atoms with Crippen molar-refractivity contribution in [2.75, 3.05) is 5.32 Å². The normalized spacial score (nSPS) is 11.2. The molecule has 2 rings (SSSR count). The number of hydrogen-bond acceptors (Lipinski definition) is 3. The number of ether oxygens (including phenoxy) is 2. The van der Waals surface area contributed by atoms with Gasteiger partial charge in [-0.25, -0.2) is 0 Å². The van der Waals surface area contributed by atoms with Crippen molar-refractivity contribution in [3.63, 3.8) is 0 Å². The minimum Gasteiger partial charge on any atom is -0.435 e. The molecule has 0 radical (unpaired) electrons. The molecule has 2 aromatic rings. The Balaban J connectivity index is 2.17. The SMILES string of the molecule is Cc1ccccc1NC(=O)/C=C/c1ccc(OC(F)F)cc1OC(F)F. The lowest BCUT2D eigenvalue weighted by atomic mass is 10.1. The van der Waals surface area contributed by atoms with E-state index in [0.717, 1.165) is 23.8 Å². The molecule has 0 fully saturated rings. The van der Waals surface area contributed by atoms with E-state index in [2.05, 4.69) is 14.8 Å². The molecule has 0 atom stereocenters. The summed E-state index contributed by atoms with van der Waals surface area (Å²) in [7, 11) is 0. The van der Waals surface area contributed by atoms with Crippen molar-refractivity contribution in [1.82, 2.24) is 0 Å². The summed E-state index contributed by atoms with van der Waals surface area (Å²) in [5.41, 5.74) is 1.56. The molecule has 26 heavy (non-hydrogen) atoms. The largest absolute Gasteiger partial charge is 0.435 e. The quantitative estimate of drug-likeness (QED) is 0.561. The van der Waals surface area contributed by atoms with E-state index < -0.39 is 24.9 Å². The van der Waals surface area contributed by atoms with Gasteiger partial charge in [0.05, 0.1) is 0 Å². The first kappa shape index (κ1) is 19.3. The molecule has 138 valence electrons. The lowest BCUT2D eigenvalue weighted by Gasteiger charge is -2.11. The molecule has 1 amide bonds. The minimum atomic E-state index is -3.16. The second-order valence-corrected chi connectivity index (χ2v) is 5.09. The molecule has 0 saturated heterocycles. The summed E-state index contributed by atoms with van der Waals surface area (Å²) in [6.45, 7) is -4.45. The predicted octanol–water partition coefficient (Wildman–Crippen LogP) is 4.85. The van der Waals surface area contributed by atoms with E-state index in [1.807, 2.05) is 19.1 Å². The van der Waals surface area contributed by atoms with Crippen molar-refractivity contribution in [3.05, 3.63) is 59.7 Å². The lowest BCUT2D eigenvalue weighted by Crippen LogP contribution is -2.09. The Hall–Kier alpha value is -3.03. The van der Waals surface area contributed by atoms with E-state index in [1.54, 1.807) is 12.1 Å². The number of nitrogens with one attached hydrogen (secondary N) is 1. The zero-order chi connectivity index (χ0) is 19.1. The molecule has 4 nitrogen and oxygen atoms in total. The third-order valence-corrected chi connectivity index (χ3v) is 3.24. The van der Waals surface area contributed by atoms with Crippen molar-refractivity contribution in [3.8, 4) is 11.5 Å². The van der Waals surface area contributed by atoms with Crippen LogP contribution in [0.3, 0.4) is 0 Å². The van der Waals surface area contributed by atoms with Gasteiger partial charge in [-0.05, 0) is 36.8 Å². The first-order valence-corrected chi connectivity index (χ1v) is 7.43. The van der Waals surface area contributed by atoms with Crippen LogP contribution in [-0.2, 0) is 4.79 Å². The second-order valence-electron chi connectivity index (χ2n) is 5.09. The number of carbonyl (C=O) groups excluding carboxylic acids is 1. The predicted molar refractivity (Wildman–Crippen MR) is 88.5 cm³/mol. The van der Waals surface area contributed by atoms with Crippen molar-refractivity contribution in [2.24, 2.45) is 0 Å². The van der Waals surface area contributed by atoms with Crippen molar-refractivity contribution in [2.45, 2.75) is 20.1 Å². The standard InChI is InChI=1S/C18H15F4NO3/c1-11-4-2-3-5-14(11)23-16(24)9-7-12-6-8-13(25-17(19)20)10-15(12)26-18(21)22/h2-10,17-18H,1H3,(H,23,24)/b9-7+. The van der Waals surface area contributed by atoms with Crippen LogP contribution in [0, 0.1) is 6.92 Å². The summed E-state index contributed by atoms with van der Waals surface area (Å²) in [5.74, 6) is -1.22. The molecule has 8 heteroatoms. The lowest BCUT2D eigenvalue weighted by molar-refractivity contribution is -0.111. The number of rotatable bonds is 7. The van der Waals surface area contributed by atoms with Gasteiger partial charge in [0.2, 0.25) is 5.91 Å². The Bertz CT molecular complexity index is 794. The molecule has 0 saturated carbocycles. The Labute approximate surface area is 147 Å². The molecule has 0 aliphatic carbocycles. The van der Waals surface area contributed by atoms with Gasteiger partial charge in [0.25, 0.3) is 0 Å². The maximum atomic E-state index is 12.5. The topological polar surface area (TPSA) is 47.6 Å². The molecule has 0 unspecified atom stereocenters. The first-order valence-electron chi connectivity index (χ1n) is 7.43. The second kappa shape index (κ2) is 8.89. The van der Waals surface area contributed by atoms with Crippen molar-refractivity contribution >= 4 is 17.7 Å². The van der Waals surface area contributed by atoms with Gasteiger partial charge in [-0.15, -0.1) is 0 Å². The summed E-state index contributed by atoms with van der Waals surface area (Å²) >= 11 is 0. The number of anilines is 1. The fourth-order valence-electron chi connectivity index (χ4n) is 2.08. The number of benzene rings is 2. The minimum absolute atomic E-state index is 0.104. The Kier molecular flexibility index (Phi) is 6.60. The molecule has 0 aromatic heterocycles. The number of carbonyl (C=O) groups is 1. The van der Waals surface area contributed by atoms with Crippen LogP contribution in [0.4, 0.5) is 23.2 Å². The van der Waals surface area contributed by atoms with Gasteiger partial charge in [-0.3, -0.25) is 4.79 Å². The summed E-state index contributed by atoms with van der Waals surface area (Å²) in [6, 6.07) is 10.4. The Morgan fingerprint density at radius 1 is 1.04 bits per heavy atom. The monoisotopic (exact) mass is 369 g/mol. The number of halogens is 4. The number of aryl methyl sites for hydroxylation is 1. The average Bonchev–Trinajstić information content (AvgIpc) is 2.55. The molecule has 1 N–H and O–H groups in total. The highest BCUT2D eigenvalue weighted by Crippen LogP contribution is 2.28. The van der Waals surface area contributed by atoms with Gasteiger partial charge in [-0.1, -0.05) is 18.2 Å². The molecule has 0 aliphatic rings. The van der Waals surface area contributed by atoms with Crippen LogP contribution in [0.1, 0.15) is 11.1 Å². The van der Waals surface area contributed by atoms with E-state index in [1.165, 1.54) is 12.1 Å². The molecule has 0 heterocycles.